The number of carbonyl (C=O) groups excluding carboxylic acids is 1. The third kappa shape index (κ3) is 4.20. The van der Waals surface area contributed by atoms with E-state index in [1.54, 1.807) is 6.20 Å². The van der Waals surface area contributed by atoms with Crippen molar-refractivity contribution in [3.63, 3.8) is 0 Å². The van der Waals surface area contributed by atoms with E-state index in [2.05, 4.69) is 39.4 Å². The summed E-state index contributed by atoms with van der Waals surface area (Å²) in [6, 6.07) is 8.31. The van der Waals surface area contributed by atoms with Crippen molar-refractivity contribution >= 4 is 11.6 Å². The molecule has 6 nitrogen and oxygen atoms in total. The van der Waals surface area contributed by atoms with E-state index < -0.39 is 0 Å². The Bertz CT molecular complexity index is 702. The minimum Gasteiger partial charge on any atom is -0.378 e. The van der Waals surface area contributed by atoms with Gasteiger partial charge in [-0.1, -0.05) is 12.1 Å². The van der Waals surface area contributed by atoms with Crippen LogP contribution in [0.1, 0.15) is 34.5 Å². The van der Waals surface area contributed by atoms with Crippen LogP contribution in [0.15, 0.2) is 30.5 Å². The molecule has 1 N–H and O–H groups in total. The maximum Gasteiger partial charge on any atom is 0.257 e. The highest BCUT2D eigenvalue weighted by Gasteiger charge is 2.25. The highest BCUT2D eigenvalue weighted by molar-refractivity contribution is 5.95. The van der Waals surface area contributed by atoms with E-state index >= 15 is 0 Å². The Kier molecular flexibility index (Phi) is 5.38. The zero-order valence-electron chi connectivity index (χ0n) is 15.2. The molecule has 134 valence electrons. The van der Waals surface area contributed by atoms with Crippen LogP contribution >= 0.6 is 0 Å². The monoisotopic (exact) mass is 342 g/mol. The van der Waals surface area contributed by atoms with Crippen LogP contribution in [0, 0.1) is 6.92 Å². The Hall–Kier alpha value is -2.34. The molecular formula is C19H26N4O2. The van der Waals surface area contributed by atoms with E-state index in [-0.39, 0.29) is 12.0 Å². The number of hydrogen-bond donors (Lipinski definition) is 1. The van der Waals surface area contributed by atoms with E-state index in [4.69, 9.17) is 4.74 Å². The first-order chi connectivity index (χ1) is 12.0. The number of H-pyrrole nitrogens is 1. The molecule has 6 heteroatoms. The molecule has 0 spiro atoms. The lowest BCUT2D eigenvalue weighted by Crippen LogP contribution is -2.37. The van der Waals surface area contributed by atoms with Crippen LogP contribution in [0.3, 0.4) is 0 Å². The first-order valence-corrected chi connectivity index (χ1v) is 8.71. The van der Waals surface area contributed by atoms with Gasteiger partial charge in [-0.3, -0.25) is 9.89 Å². The average molecular weight is 342 g/mol. The molecular weight excluding hydrogens is 316 g/mol. The maximum absolute atomic E-state index is 13.0. The number of rotatable bonds is 6. The number of aromatic nitrogens is 2. The molecule has 0 unspecified atom stereocenters. The lowest BCUT2D eigenvalue weighted by atomic mass is 10.1. The number of hydrogen-bond acceptors (Lipinski definition) is 4. The van der Waals surface area contributed by atoms with Crippen molar-refractivity contribution in [3.05, 3.63) is 47.3 Å². The molecule has 2 heterocycles. The number of nitrogens with one attached hydrogen (secondary N) is 1. The van der Waals surface area contributed by atoms with Gasteiger partial charge >= 0.3 is 0 Å². The molecule has 0 aliphatic carbocycles. The van der Waals surface area contributed by atoms with Gasteiger partial charge in [-0.2, -0.15) is 5.10 Å². The molecule has 3 rings (SSSR count). The van der Waals surface area contributed by atoms with Crippen LogP contribution in [0.25, 0.3) is 0 Å². The van der Waals surface area contributed by atoms with Crippen LogP contribution in [-0.2, 0) is 11.3 Å². The normalized spacial score (nSPS) is 16.8. The number of benzene rings is 1. The van der Waals surface area contributed by atoms with Crippen molar-refractivity contribution in [2.75, 3.05) is 32.1 Å². The Morgan fingerprint density at radius 1 is 1.32 bits per heavy atom. The summed E-state index contributed by atoms with van der Waals surface area (Å²) < 4.78 is 5.75. The van der Waals surface area contributed by atoms with E-state index in [9.17, 15) is 4.79 Å². The quantitative estimate of drug-likeness (QED) is 0.876. The van der Waals surface area contributed by atoms with Crippen molar-refractivity contribution in [3.8, 4) is 0 Å². The van der Waals surface area contributed by atoms with Crippen LogP contribution in [-0.4, -0.2) is 54.4 Å². The summed E-state index contributed by atoms with van der Waals surface area (Å²) in [5.74, 6) is -0.00145. The smallest absolute Gasteiger partial charge is 0.257 e. The predicted octanol–water partition coefficient (Wildman–Crippen LogP) is 2.61. The number of amides is 1. The van der Waals surface area contributed by atoms with Gasteiger partial charge in [-0.25, -0.2) is 0 Å². The van der Waals surface area contributed by atoms with Crippen molar-refractivity contribution in [1.82, 2.24) is 15.1 Å². The van der Waals surface area contributed by atoms with Gasteiger partial charge in [0.15, 0.2) is 0 Å². The molecule has 1 amide bonds. The number of carbonyl (C=O) groups is 1. The second-order valence-corrected chi connectivity index (χ2v) is 6.79. The summed E-state index contributed by atoms with van der Waals surface area (Å²) in [5, 5.41) is 6.83. The summed E-state index contributed by atoms with van der Waals surface area (Å²) in [4.78, 5) is 16.9. The number of aromatic amines is 1. The van der Waals surface area contributed by atoms with Crippen molar-refractivity contribution < 1.29 is 9.53 Å². The Labute approximate surface area is 148 Å². The van der Waals surface area contributed by atoms with Crippen LogP contribution in [0.2, 0.25) is 0 Å². The van der Waals surface area contributed by atoms with Gasteiger partial charge in [-0.05, 0) is 37.5 Å². The topological polar surface area (TPSA) is 61.5 Å². The SMILES string of the molecule is Cc1[nH]ncc1C(=O)N(Cc1ccc(N(C)C)cc1)C[C@H]1CCCO1. The molecule has 0 radical (unpaired) electrons. The fraction of sp³-hybridized carbons (Fsp3) is 0.474. The lowest BCUT2D eigenvalue weighted by molar-refractivity contribution is 0.0507. The van der Waals surface area contributed by atoms with Crippen LogP contribution in [0.4, 0.5) is 5.69 Å². The summed E-state index contributed by atoms with van der Waals surface area (Å²) in [7, 11) is 4.04. The van der Waals surface area contributed by atoms with Gasteiger partial charge in [0.1, 0.15) is 0 Å². The van der Waals surface area contributed by atoms with Gasteiger partial charge < -0.3 is 14.5 Å². The molecule has 2 aromatic rings. The van der Waals surface area contributed by atoms with Crippen LogP contribution in [0.5, 0.6) is 0 Å². The van der Waals surface area contributed by atoms with E-state index in [1.807, 2.05) is 25.9 Å². The summed E-state index contributed by atoms with van der Waals surface area (Å²) in [6.45, 7) is 3.83. The van der Waals surface area contributed by atoms with E-state index in [1.165, 1.54) is 0 Å². The zero-order chi connectivity index (χ0) is 17.8. The van der Waals surface area contributed by atoms with Gasteiger partial charge in [-0.15, -0.1) is 0 Å². The number of ether oxygens (including phenoxy) is 1. The van der Waals surface area contributed by atoms with Crippen LogP contribution < -0.4 is 4.90 Å². The highest BCUT2D eigenvalue weighted by atomic mass is 16.5. The Morgan fingerprint density at radius 3 is 2.64 bits per heavy atom. The molecule has 1 saturated heterocycles. The molecule has 0 saturated carbocycles. The fourth-order valence-corrected chi connectivity index (χ4v) is 3.11. The Balaban J connectivity index is 1.77. The molecule has 1 atom stereocenters. The minimum atomic E-state index is -0.00145. The highest BCUT2D eigenvalue weighted by Crippen LogP contribution is 2.19. The van der Waals surface area contributed by atoms with Gasteiger partial charge in [0.05, 0.1) is 17.9 Å². The molecule has 1 aromatic carbocycles. The van der Waals surface area contributed by atoms with Gasteiger partial charge in [0.2, 0.25) is 0 Å². The fourth-order valence-electron chi connectivity index (χ4n) is 3.11. The predicted molar refractivity (Wildman–Crippen MR) is 97.8 cm³/mol. The lowest BCUT2D eigenvalue weighted by Gasteiger charge is -2.26. The average Bonchev–Trinajstić information content (AvgIpc) is 3.25. The molecule has 1 fully saturated rings. The molecule has 1 aliphatic heterocycles. The summed E-state index contributed by atoms with van der Waals surface area (Å²) >= 11 is 0. The first kappa shape index (κ1) is 17.5. The second-order valence-electron chi connectivity index (χ2n) is 6.79. The molecule has 25 heavy (non-hydrogen) atoms. The molecule has 1 aromatic heterocycles. The number of aryl methyl sites for hydroxylation is 1. The molecule has 0 bridgehead atoms. The molecule has 1 aliphatic rings. The summed E-state index contributed by atoms with van der Waals surface area (Å²) in [6.07, 6.45) is 3.80. The van der Waals surface area contributed by atoms with Crippen molar-refractivity contribution in [2.45, 2.75) is 32.4 Å². The maximum atomic E-state index is 13.0. The van der Waals surface area contributed by atoms with Crippen molar-refractivity contribution in [2.24, 2.45) is 0 Å². The third-order valence-electron chi connectivity index (χ3n) is 4.62. The minimum absolute atomic E-state index is 0.00145. The zero-order valence-corrected chi connectivity index (χ0v) is 15.2. The van der Waals surface area contributed by atoms with E-state index in [0.717, 1.165) is 36.4 Å². The van der Waals surface area contributed by atoms with Gasteiger partial charge in [0, 0.05) is 45.2 Å². The number of nitrogens with zero attached hydrogens (tertiary/aromatic N) is 3. The van der Waals surface area contributed by atoms with Crippen molar-refractivity contribution in [1.29, 1.82) is 0 Å². The number of anilines is 1. The van der Waals surface area contributed by atoms with E-state index in [0.29, 0.717) is 18.7 Å². The van der Waals surface area contributed by atoms with Gasteiger partial charge in [0.25, 0.3) is 5.91 Å². The third-order valence-corrected chi connectivity index (χ3v) is 4.62. The largest absolute Gasteiger partial charge is 0.378 e. The Morgan fingerprint density at radius 2 is 2.08 bits per heavy atom. The first-order valence-electron chi connectivity index (χ1n) is 8.71. The summed E-state index contributed by atoms with van der Waals surface area (Å²) in [5.41, 5.74) is 3.68. The standard InChI is InChI=1S/C19H26N4O2/c1-14-18(11-20-21-14)19(24)23(13-17-5-4-10-25-17)12-15-6-8-16(9-7-15)22(2)3/h6-9,11,17H,4-5,10,12-13H2,1-3H3,(H,20,21)/t17-/m1/s1. The second kappa shape index (κ2) is 7.70.